The van der Waals surface area contributed by atoms with Gasteiger partial charge in [0.2, 0.25) is 0 Å². The van der Waals surface area contributed by atoms with E-state index in [4.69, 9.17) is 35.4 Å². The minimum Gasteiger partial charge on any atom is -0.469 e. The highest BCUT2D eigenvalue weighted by Crippen LogP contribution is 2.75. The van der Waals surface area contributed by atoms with E-state index in [1.165, 1.54) is 12.7 Å². The number of carbonyl (C=O) groups is 4. The maximum atomic E-state index is 15.0. The fourth-order valence-electron chi connectivity index (χ4n) is 13.8. The topological polar surface area (TPSA) is 292 Å². The zero-order valence-electron chi connectivity index (χ0n) is 36.6. The third-order valence-electron chi connectivity index (χ3n) is 17.7. The second-order valence-corrected chi connectivity index (χ2v) is 21.2. The summed E-state index contributed by atoms with van der Waals surface area (Å²) < 4.78 is 29.5. The average molecular weight is 865 g/mol. The molecule has 0 aromatic carbocycles. The summed E-state index contributed by atoms with van der Waals surface area (Å²) in [6, 6.07) is 0. The van der Waals surface area contributed by atoms with Crippen molar-refractivity contribution in [1.82, 2.24) is 10.9 Å². The number of fused-ring (bicyclic) bond motifs is 7. The lowest BCUT2D eigenvalue weighted by atomic mass is 9.33. The number of rotatable bonds is 7. The number of allylic oxidation sites excluding steroid dienone is 2. The molecule has 0 aromatic rings. The molecule has 2 amide bonds. The Bertz CT molecular complexity index is 1800. The van der Waals surface area contributed by atoms with Crippen LogP contribution in [0.4, 0.5) is 0 Å². The number of carbonyl (C=O) groups excluding carboxylic acids is 4. The van der Waals surface area contributed by atoms with Crippen molar-refractivity contribution in [3.63, 3.8) is 0 Å². The van der Waals surface area contributed by atoms with E-state index in [9.17, 15) is 44.7 Å². The Hall–Kier alpha value is -2.62. The lowest BCUT2D eigenvalue weighted by Gasteiger charge is -2.70. The molecule has 0 radical (unpaired) electrons. The van der Waals surface area contributed by atoms with Crippen LogP contribution in [0.1, 0.15) is 106 Å². The predicted molar refractivity (Wildman–Crippen MR) is 213 cm³/mol. The predicted octanol–water partition coefficient (Wildman–Crippen LogP) is 0.145. The highest BCUT2D eigenvalue weighted by Gasteiger charge is 2.71. The van der Waals surface area contributed by atoms with Gasteiger partial charge in [0.25, 0.3) is 11.8 Å². The second-order valence-electron chi connectivity index (χ2n) is 21.2. The van der Waals surface area contributed by atoms with Crippen LogP contribution in [0.5, 0.6) is 0 Å². The summed E-state index contributed by atoms with van der Waals surface area (Å²) in [6.07, 6.45) is -10.2. The fraction of sp³-hybridized carbons (Fsp3) is 0.860. The summed E-state index contributed by atoms with van der Waals surface area (Å²) in [6.45, 7) is 15.3. The van der Waals surface area contributed by atoms with Gasteiger partial charge in [-0.05, 0) is 110 Å². The molecule has 0 spiro atoms. The highest BCUT2D eigenvalue weighted by atomic mass is 16.8. The molecule has 5 aliphatic carbocycles. The van der Waals surface area contributed by atoms with Gasteiger partial charge in [0.05, 0.1) is 18.6 Å². The molecule has 18 nitrogen and oxygen atoms in total. The number of hydrogen-bond donors (Lipinski definition) is 9. The van der Waals surface area contributed by atoms with E-state index in [-0.39, 0.29) is 45.8 Å². The molecule has 61 heavy (non-hydrogen) atoms. The molecule has 0 aromatic heterocycles. The lowest BCUT2D eigenvalue weighted by molar-refractivity contribution is -0.369. The van der Waals surface area contributed by atoms with Crippen molar-refractivity contribution >= 4 is 23.6 Å². The molecule has 4 saturated carbocycles. The number of aliphatic hydroxyl groups is 5. The number of hydrazine groups is 2. The van der Waals surface area contributed by atoms with Gasteiger partial charge in [-0.15, -0.1) is 0 Å². The Morgan fingerprint density at radius 1 is 0.738 bits per heavy atom. The minimum absolute atomic E-state index is 0.0276. The molecule has 6 fully saturated rings. The Morgan fingerprint density at radius 3 is 1.93 bits per heavy atom. The maximum absolute atomic E-state index is 15.0. The minimum atomic E-state index is -1.95. The van der Waals surface area contributed by atoms with E-state index in [0.29, 0.717) is 19.3 Å². The van der Waals surface area contributed by atoms with E-state index >= 15 is 0 Å². The molecular weight excluding hydrogens is 796 g/mol. The zero-order chi connectivity index (χ0) is 45.0. The van der Waals surface area contributed by atoms with Crippen LogP contribution in [0, 0.1) is 50.2 Å². The smallest absolute Gasteiger partial charge is 0.311 e. The Morgan fingerprint density at radius 2 is 1.33 bits per heavy atom. The maximum Gasteiger partial charge on any atom is 0.311 e. The van der Waals surface area contributed by atoms with Crippen LogP contribution >= 0.6 is 0 Å². The number of esters is 1. The third-order valence-corrected chi connectivity index (χ3v) is 17.7. The van der Waals surface area contributed by atoms with Crippen molar-refractivity contribution in [2.75, 3.05) is 7.11 Å². The number of nitrogens with one attached hydrogen (secondary N) is 2. The van der Waals surface area contributed by atoms with Crippen molar-refractivity contribution in [2.45, 2.75) is 174 Å². The summed E-state index contributed by atoms with van der Waals surface area (Å²) in [5.74, 6) is 8.27. The number of hydrogen-bond acceptors (Lipinski definition) is 16. The van der Waals surface area contributed by atoms with Crippen molar-refractivity contribution in [3.8, 4) is 0 Å². The Kier molecular flexibility index (Phi) is 12.0. The average Bonchev–Trinajstić information content (AvgIpc) is 3.21. The summed E-state index contributed by atoms with van der Waals surface area (Å²) in [4.78, 5) is 53.3. The molecule has 7 rings (SSSR count). The Balaban J connectivity index is 1.18. The van der Waals surface area contributed by atoms with Crippen LogP contribution < -0.4 is 22.5 Å². The number of ketones is 1. The van der Waals surface area contributed by atoms with Gasteiger partial charge in [-0.3, -0.25) is 30.0 Å². The SMILES string of the molecule is COC(=O)[C@@]1(C)CC[C@]2(C)CC[C@]3(C)C(=CC(=O)C4[C@@]5(C)CCC(OC6OC(C(=O)NN)C(O)C(O)C6OC6OC(C(=O)NN)C(O)C(O)C6O)C(C)(C)C5CC[C@]43C)C2C1. The molecule has 7 aliphatic rings. The monoisotopic (exact) mass is 864 g/mol. The zero-order valence-corrected chi connectivity index (χ0v) is 36.6. The lowest BCUT2D eigenvalue weighted by Crippen LogP contribution is -2.68. The van der Waals surface area contributed by atoms with Crippen LogP contribution in [0.2, 0.25) is 0 Å². The van der Waals surface area contributed by atoms with Gasteiger partial charge in [0.1, 0.15) is 36.6 Å². The van der Waals surface area contributed by atoms with Crippen LogP contribution in [0.15, 0.2) is 11.6 Å². The van der Waals surface area contributed by atoms with Gasteiger partial charge < -0.3 is 49.2 Å². The van der Waals surface area contributed by atoms with Gasteiger partial charge in [-0.1, -0.05) is 47.1 Å². The van der Waals surface area contributed by atoms with E-state index in [0.717, 1.165) is 38.5 Å². The van der Waals surface area contributed by atoms with Gasteiger partial charge >= 0.3 is 5.97 Å². The van der Waals surface area contributed by atoms with E-state index in [2.05, 4.69) is 41.5 Å². The number of nitrogens with two attached hydrogens (primary N) is 2. The van der Waals surface area contributed by atoms with Crippen LogP contribution in [0.25, 0.3) is 0 Å². The van der Waals surface area contributed by atoms with Crippen molar-refractivity contribution in [3.05, 3.63) is 11.6 Å². The van der Waals surface area contributed by atoms with Crippen molar-refractivity contribution in [2.24, 2.45) is 61.9 Å². The fourth-order valence-corrected chi connectivity index (χ4v) is 13.8. The molecule has 11 N–H and O–H groups in total. The highest BCUT2D eigenvalue weighted by molar-refractivity contribution is 5.95. The number of methoxy groups -OCH3 is 1. The van der Waals surface area contributed by atoms with Crippen molar-refractivity contribution < 1.29 is 68.4 Å². The van der Waals surface area contributed by atoms with Gasteiger partial charge in [-0.2, -0.15) is 0 Å². The largest absolute Gasteiger partial charge is 0.469 e. The molecular formula is C43H68N4O14. The first-order chi connectivity index (χ1) is 28.4. The number of amides is 2. The summed E-state index contributed by atoms with van der Waals surface area (Å²) in [5.41, 5.74) is 2.47. The number of ether oxygens (including phenoxy) is 5. The Labute approximate surface area is 356 Å². The first-order valence-corrected chi connectivity index (χ1v) is 21.8. The van der Waals surface area contributed by atoms with Crippen molar-refractivity contribution in [1.29, 1.82) is 0 Å². The quantitative estimate of drug-likeness (QED) is 0.0541. The van der Waals surface area contributed by atoms with Gasteiger partial charge in [-0.25, -0.2) is 11.7 Å². The summed E-state index contributed by atoms with van der Waals surface area (Å²) in [5, 5.41) is 54.4. The van der Waals surface area contributed by atoms with Crippen LogP contribution in [-0.2, 0) is 42.9 Å². The molecule has 14 unspecified atom stereocenters. The molecule has 344 valence electrons. The van der Waals surface area contributed by atoms with Gasteiger partial charge in [0.15, 0.2) is 30.6 Å². The second kappa shape index (κ2) is 15.8. The molecule has 2 aliphatic heterocycles. The van der Waals surface area contributed by atoms with E-state index in [1.807, 2.05) is 23.9 Å². The first kappa shape index (κ1) is 46.4. The van der Waals surface area contributed by atoms with E-state index < -0.39 is 95.6 Å². The third kappa shape index (κ3) is 6.93. The standard InChI is InChI=1S/C43H68N4O14/c1-38(2)22-9-12-43(7)32(21(48)17-19-20-18-40(4,37(56)57-8)14-13-39(20,3)15-16-42(19,43)6)41(22,5)11-10-23(38)58-36-31(27(52)26(51)30(60-36)34(55)47-45)61-35-28(53)24(49)25(50)29(59-35)33(54)46-44/h17,20,22-32,35-36,49-53H,9-16,18,44-45H2,1-8H3,(H,46,54)(H,47,55)/t20?,22?,23?,24?,25?,26?,27?,28?,29?,30?,31?,32?,35?,36?,39-,40+,41+,42-,43-/m1/s1. The van der Waals surface area contributed by atoms with Crippen LogP contribution in [-0.4, -0.2) is 124 Å². The van der Waals surface area contributed by atoms with E-state index in [1.54, 1.807) is 0 Å². The van der Waals surface area contributed by atoms with Crippen LogP contribution in [0.3, 0.4) is 0 Å². The summed E-state index contributed by atoms with van der Waals surface area (Å²) in [7, 11) is 1.44. The van der Waals surface area contributed by atoms with Gasteiger partial charge in [0, 0.05) is 5.92 Å². The molecule has 19 atom stereocenters. The first-order valence-electron chi connectivity index (χ1n) is 21.8. The molecule has 2 saturated heterocycles. The normalized spacial score (nSPS) is 50.4. The molecule has 2 heterocycles. The number of aliphatic hydroxyl groups excluding tert-OH is 5. The molecule has 0 bridgehead atoms. The summed E-state index contributed by atoms with van der Waals surface area (Å²) >= 11 is 0. The molecule has 18 heteroatoms.